The van der Waals surface area contributed by atoms with Crippen LogP contribution in [0.5, 0.6) is 0 Å². The molecule has 0 unspecified atom stereocenters. The summed E-state index contributed by atoms with van der Waals surface area (Å²) in [5.74, 6) is -0.476. The van der Waals surface area contributed by atoms with Crippen LogP contribution in [-0.4, -0.2) is 26.9 Å². The van der Waals surface area contributed by atoms with Gasteiger partial charge >= 0.3 is 5.97 Å². The molecule has 2 heterocycles. The Morgan fingerprint density at radius 2 is 2.00 bits per heavy atom. The lowest BCUT2D eigenvalue weighted by Gasteiger charge is -2.18. The summed E-state index contributed by atoms with van der Waals surface area (Å²) < 4.78 is 6.86. The lowest BCUT2D eigenvalue weighted by Crippen LogP contribution is -2.24. The number of aryl methyl sites for hydroxylation is 2. The number of Topliss-reactive ketones (excluding diaryl/α,β-unsaturated/α-hetero) is 1. The van der Waals surface area contributed by atoms with Gasteiger partial charge in [-0.1, -0.05) is 0 Å². The minimum Gasteiger partial charge on any atom is -0.455 e. The molecule has 0 amide bonds. The van der Waals surface area contributed by atoms with Crippen LogP contribution in [0.2, 0.25) is 0 Å². The molecule has 22 heavy (non-hydrogen) atoms. The molecule has 5 nitrogen and oxygen atoms in total. The molecule has 0 saturated carbocycles. The molecule has 0 bridgehead atoms. The van der Waals surface area contributed by atoms with Crippen molar-refractivity contribution >= 4 is 23.1 Å². The Kier molecular flexibility index (Phi) is 4.51. The number of ether oxygens (including phenoxy) is 1. The van der Waals surface area contributed by atoms with Gasteiger partial charge in [-0.2, -0.15) is 0 Å². The van der Waals surface area contributed by atoms with Gasteiger partial charge in [0.15, 0.2) is 11.5 Å². The second-order valence-electron chi connectivity index (χ2n) is 6.18. The maximum Gasteiger partial charge on any atom is 0.359 e. The smallest absolute Gasteiger partial charge is 0.359 e. The number of hydrogen-bond acceptors (Lipinski definition) is 5. The zero-order chi connectivity index (χ0) is 16.5. The fourth-order valence-electron chi connectivity index (χ4n) is 2.04. The number of esters is 1. The Morgan fingerprint density at radius 1 is 1.32 bits per heavy atom. The van der Waals surface area contributed by atoms with Crippen molar-refractivity contribution in [3.8, 4) is 0 Å². The minimum absolute atomic E-state index is 0.00925. The van der Waals surface area contributed by atoms with Gasteiger partial charge in [0.05, 0.1) is 12.9 Å². The van der Waals surface area contributed by atoms with Gasteiger partial charge in [-0.05, 0) is 40.7 Å². The van der Waals surface area contributed by atoms with Crippen LogP contribution < -0.4 is 0 Å². The molecule has 0 fully saturated rings. The van der Waals surface area contributed by atoms with Crippen molar-refractivity contribution in [3.63, 3.8) is 0 Å². The summed E-state index contributed by atoms with van der Waals surface area (Å²) in [6.07, 6.45) is 3.02. The Morgan fingerprint density at radius 3 is 2.55 bits per heavy atom. The van der Waals surface area contributed by atoms with Crippen LogP contribution in [0.1, 0.15) is 51.4 Å². The summed E-state index contributed by atoms with van der Waals surface area (Å²) in [6.45, 7) is 9.47. The maximum atomic E-state index is 12.3. The third kappa shape index (κ3) is 4.04. The Bertz CT molecular complexity index is 707. The molecule has 2 aromatic heterocycles. The predicted octanol–water partition coefficient (Wildman–Crippen LogP) is 3.40. The molecular weight excluding hydrogens is 300 g/mol. The molecule has 0 radical (unpaired) electrons. The number of nitrogens with zero attached hydrogens (tertiary/aromatic N) is 2. The zero-order valence-corrected chi connectivity index (χ0v) is 14.3. The molecule has 0 aliphatic rings. The molecule has 0 N–H and O–H groups in total. The van der Waals surface area contributed by atoms with Crippen molar-refractivity contribution in [2.75, 3.05) is 0 Å². The highest BCUT2D eigenvalue weighted by molar-refractivity contribution is 7.12. The first-order valence-electron chi connectivity index (χ1n) is 7.01. The summed E-state index contributed by atoms with van der Waals surface area (Å²) in [6, 6.07) is 1.90. The SMILES string of the molecule is Cc1cc(C(=O)Cn2cnc(C(=O)OC(C)(C)C)c2)c(C)s1. The molecule has 0 spiro atoms. The lowest BCUT2D eigenvalue weighted by molar-refractivity contribution is 0.00631. The van der Waals surface area contributed by atoms with E-state index in [0.717, 1.165) is 15.3 Å². The van der Waals surface area contributed by atoms with E-state index in [2.05, 4.69) is 4.98 Å². The fourth-order valence-corrected chi connectivity index (χ4v) is 2.98. The summed E-state index contributed by atoms with van der Waals surface area (Å²) in [7, 11) is 0. The molecule has 0 atom stereocenters. The molecule has 118 valence electrons. The van der Waals surface area contributed by atoms with Crippen LogP contribution in [0, 0.1) is 13.8 Å². The maximum absolute atomic E-state index is 12.3. The van der Waals surface area contributed by atoms with Crippen LogP contribution in [0.15, 0.2) is 18.6 Å². The van der Waals surface area contributed by atoms with Gasteiger partial charge in [0.25, 0.3) is 0 Å². The Hall–Kier alpha value is -1.95. The van der Waals surface area contributed by atoms with Crippen LogP contribution >= 0.6 is 11.3 Å². The second-order valence-corrected chi connectivity index (χ2v) is 7.64. The van der Waals surface area contributed by atoms with Crippen LogP contribution in [0.25, 0.3) is 0 Å². The molecule has 0 aliphatic carbocycles. The zero-order valence-electron chi connectivity index (χ0n) is 13.5. The van der Waals surface area contributed by atoms with Gasteiger partial charge in [0.2, 0.25) is 0 Å². The summed E-state index contributed by atoms with van der Waals surface area (Å²) in [5, 5.41) is 0. The monoisotopic (exact) mass is 320 g/mol. The number of thiophene rings is 1. The van der Waals surface area contributed by atoms with E-state index >= 15 is 0 Å². The molecule has 0 saturated heterocycles. The van der Waals surface area contributed by atoms with E-state index in [9.17, 15) is 9.59 Å². The number of rotatable bonds is 4. The van der Waals surface area contributed by atoms with E-state index in [0.29, 0.717) is 0 Å². The van der Waals surface area contributed by atoms with Gasteiger partial charge in [-0.15, -0.1) is 11.3 Å². The molecular formula is C16H20N2O3S. The van der Waals surface area contributed by atoms with Crippen molar-refractivity contribution in [2.24, 2.45) is 0 Å². The number of ketones is 1. The largest absolute Gasteiger partial charge is 0.455 e. The number of aromatic nitrogens is 2. The summed E-state index contributed by atoms with van der Waals surface area (Å²) >= 11 is 1.60. The van der Waals surface area contributed by atoms with E-state index in [-0.39, 0.29) is 18.0 Å². The molecule has 0 aromatic carbocycles. The van der Waals surface area contributed by atoms with E-state index in [1.165, 1.54) is 6.33 Å². The highest BCUT2D eigenvalue weighted by Gasteiger charge is 2.20. The van der Waals surface area contributed by atoms with Crippen LogP contribution in [0.4, 0.5) is 0 Å². The topological polar surface area (TPSA) is 61.2 Å². The predicted molar refractivity (Wildman–Crippen MR) is 85.5 cm³/mol. The molecule has 2 rings (SSSR count). The fraction of sp³-hybridized carbons (Fsp3) is 0.438. The Balaban J connectivity index is 2.08. The first-order valence-corrected chi connectivity index (χ1v) is 7.83. The van der Waals surface area contributed by atoms with E-state index in [1.54, 1.807) is 42.9 Å². The standard InChI is InChI=1S/C16H20N2O3S/c1-10-6-12(11(2)22-10)14(19)8-18-7-13(17-9-18)15(20)21-16(3,4)5/h6-7,9H,8H2,1-5H3. The van der Waals surface area contributed by atoms with Crippen LogP contribution in [-0.2, 0) is 11.3 Å². The highest BCUT2D eigenvalue weighted by Crippen LogP contribution is 2.21. The van der Waals surface area contributed by atoms with E-state index in [4.69, 9.17) is 4.74 Å². The van der Waals surface area contributed by atoms with Crippen molar-refractivity contribution in [2.45, 2.75) is 46.8 Å². The molecule has 6 heteroatoms. The first-order chi connectivity index (χ1) is 10.2. The second kappa shape index (κ2) is 6.04. The van der Waals surface area contributed by atoms with Gasteiger partial charge in [0.1, 0.15) is 5.60 Å². The number of carbonyl (C=O) groups excluding carboxylic acids is 2. The quantitative estimate of drug-likeness (QED) is 0.640. The Labute approximate surface area is 133 Å². The normalized spacial score (nSPS) is 11.5. The van der Waals surface area contributed by atoms with Crippen LogP contribution in [0.3, 0.4) is 0 Å². The number of carbonyl (C=O) groups is 2. The molecule has 2 aromatic rings. The summed E-state index contributed by atoms with van der Waals surface area (Å²) in [4.78, 5) is 30.3. The third-order valence-corrected chi connectivity index (χ3v) is 3.87. The average Bonchev–Trinajstić information content (AvgIpc) is 2.94. The number of imidazole rings is 1. The van der Waals surface area contributed by atoms with Gasteiger partial charge in [-0.25, -0.2) is 9.78 Å². The van der Waals surface area contributed by atoms with E-state index < -0.39 is 11.6 Å². The highest BCUT2D eigenvalue weighted by atomic mass is 32.1. The lowest BCUT2D eigenvalue weighted by atomic mass is 10.1. The third-order valence-electron chi connectivity index (χ3n) is 2.91. The summed E-state index contributed by atoms with van der Waals surface area (Å²) in [5.41, 5.74) is 0.373. The van der Waals surface area contributed by atoms with Crippen molar-refractivity contribution in [1.82, 2.24) is 9.55 Å². The van der Waals surface area contributed by atoms with Crippen molar-refractivity contribution in [3.05, 3.63) is 39.6 Å². The van der Waals surface area contributed by atoms with Gasteiger partial charge in [-0.3, -0.25) is 4.79 Å². The van der Waals surface area contributed by atoms with Gasteiger partial charge in [0, 0.05) is 21.5 Å². The number of hydrogen-bond donors (Lipinski definition) is 0. The molecule has 0 aliphatic heterocycles. The van der Waals surface area contributed by atoms with E-state index in [1.807, 2.05) is 19.9 Å². The minimum atomic E-state index is -0.567. The first kappa shape index (κ1) is 16.4. The van der Waals surface area contributed by atoms with Crippen molar-refractivity contribution in [1.29, 1.82) is 0 Å². The average molecular weight is 320 g/mol. The van der Waals surface area contributed by atoms with Crippen molar-refractivity contribution < 1.29 is 14.3 Å². The van der Waals surface area contributed by atoms with Gasteiger partial charge < -0.3 is 9.30 Å².